The van der Waals surface area contributed by atoms with Crippen molar-refractivity contribution in [2.45, 2.75) is 39.3 Å². The lowest BCUT2D eigenvalue weighted by Gasteiger charge is -2.25. The minimum atomic E-state index is -1.14. The first-order valence-electron chi connectivity index (χ1n) is 5.72. The lowest BCUT2D eigenvalue weighted by Crippen LogP contribution is -2.19. The van der Waals surface area contributed by atoms with Crippen LogP contribution in [0.15, 0.2) is 12.1 Å². The molecule has 1 aromatic rings. The molecule has 18 heavy (non-hydrogen) atoms. The third-order valence-corrected chi connectivity index (χ3v) is 3.06. The topological polar surface area (TPSA) is 66.8 Å². The molecule has 0 saturated carbocycles. The van der Waals surface area contributed by atoms with Crippen molar-refractivity contribution in [2.24, 2.45) is 0 Å². The van der Waals surface area contributed by atoms with Gasteiger partial charge in [-0.15, -0.1) is 0 Å². The zero-order valence-corrected chi connectivity index (χ0v) is 12.4. The van der Waals surface area contributed by atoms with Gasteiger partial charge in [0.2, 0.25) is 0 Å². The molecule has 0 aromatic heterocycles. The van der Waals surface area contributed by atoms with Gasteiger partial charge in [-0.3, -0.25) is 0 Å². The summed E-state index contributed by atoms with van der Waals surface area (Å²) in [7, 11) is -0.976. The SMILES string of the molecule is C[Si](C)Oc1ccc(C(=O)O)c(O)c1C(C)(C)C. The van der Waals surface area contributed by atoms with Gasteiger partial charge in [0.25, 0.3) is 9.04 Å². The van der Waals surface area contributed by atoms with Gasteiger partial charge in [0.15, 0.2) is 0 Å². The van der Waals surface area contributed by atoms with Gasteiger partial charge in [0, 0.05) is 5.56 Å². The van der Waals surface area contributed by atoms with E-state index < -0.39 is 15.0 Å². The molecule has 0 atom stereocenters. The summed E-state index contributed by atoms with van der Waals surface area (Å²) in [6.45, 7) is 9.72. The molecule has 99 valence electrons. The van der Waals surface area contributed by atoms with Crippen molar-refractivity contribution < 1.29 is 19.4 Å². The zero-order valence-electron chi connectivity index (χ0n) is 11.4. The largest absolute Gasteiger partial charge is 0.542 e. The fourth-order valence-electron chi connectivity index (χ4n) is 1.77. The van der Waals surface area contributed by atoms with Crippen molar-refractivity contribution in [2.75, 3.05) is 0 Å². The van der Waals surface area contributed by atoms with Gasteiger partial charge >= 0.3 is 5.97 Å². The molecule has 0 spiro atoms. The van der Waals surface area contributed by atoms with Gasteiger partial charge in [0.05, 0.1) is 0 Å². The van der Waals surface area contributed by atoms with E-state index in [0.717, 1.165) is 0 Å². The maximum Gasteiger partial charge on any atom is 0.339 e. The van der Waals surface area contributed by atoms with E-state index in [9.17, 15) is 9.90 Å². The number of hydrogen-bond acceptors (Lipinski definition) is 3. The molecule has 0 heterocycles. The molecule has 1 aromatic carbocycles. The molecule has 0 aliphatic carbocycles. The molecule has 0 unspecified atom stereocenters. The number of rotatable bonds is 3. The van der Waals surface area contributed by atoms with Gasteiger partial charge in [-0.2, -0.15) is 0 Å². The molecule has 1 radical (unpaired) electrons. The van der Waals surface area contributed by atoms with Crippen LogP contribution in [-0.2, 0) is 5.41 Å². The second-order valence-corrected chi connectivity index (χ2v) is 7.42. The van der Waals surface area contributed by atoms with Gasteiger partial charge in [0.1, 0.15) is 17.1 Å². The fourth-order valence-corrected chi connectivity index (χ4v) is 2.38. The van der Waals surface area contributed by atoms with E-state index in [0.29, 0.717) is 11.3 Å². The molecule has 5 heteroatoms. The molecule has 0 amide bonds. The number of hydrogen-bond donors (Lipinski definition) is 2. The van der Waals surface area contributed by atoms with Crippen LogP contribution in [0.1, 0.15) is 36.7 Å². The number of carboxylic acid groups (broad SMARTS) is 1. The predicted molar refractivity (Wildman–Crippen MR) is 71.9 cm³/mol. The third-order valence-electron chi connectivity index (χ3n) is 2.43. The number of aromatic carboxylic acids is 1. The lowest BCUT2D eigenvalue weighted by atomic mass is 9.84. The van der Waals surface area contributed by atoms with Crippen LogP contribution in [-0.4, -0.2) is 25.2 Å². The predicted octanol–water partition coefficient (Wildman–Crippen LogP) is 3.02. The van der Waals surface area contributed by atoms with Crippen LogP contribution in [0.25, 0.3) is 0 Å². The highest BCUT2D eigenvalue weighted by atomic mass is 28.3. The number of carboxylic acids is 1. The molecule has 1 rings (SSSR count). The van der Waals surface area contributed by atoms with Crippen LogP contribution in [0, 0.1) is 0 Å². The van der Waals surface area contributed by atoms with Gasteiger partial charge in [-0.25, -0.2) is 4.79 Å². The fraction of sp³-hybridized carbons (Fsp3) is 0.462. The Labute approximate surface area is 109 Å². The van der Waals surface area contributed by atoms with E-state index >= 15 is 0 Å². The Morgan fingerprint density at radius 1 is 1.28 bits per heavy atom. The summed E-state index contributed by atoms with van der Waals surface area (Å²) < 4.78 is 5.74. The summed E-state index contributed by atoms with van der Waals surface area (Å²) in [5.74, 6) is -0.761. The Hall–Kier alpha value is -1.49. The van der Waals surface area contributed by atoms with Crippen LogP contribution in [0.5, 0.6) is 11.5 Å². The molecule has 4 nitrogen and oxygen atoms in total. The van der Waals surface area contributed by atoms with Crippen LogP contribution < -0.4 is 4.43 Å². The summed E-state index contributed by atoms with van der Waals surface area (Å²) in [4.78, 5) is 11.0. The molecule has 0 bridgehead atoms. The second kappa shape index (κ2) is 5.02. The van der Waals surface area contributed by atoms with Crippen LogP contribution in [0.3, 0.4) is 0 Å². The standard InChI is InChI=1S/C13H19O4Si/c1-13(2,3)10-9(17-18(4)5)7-6-8(11(10)14)12(15)16/h6-7,14H,1-5H3,(H,15,16). The van der Waals surface area contributed by atoms with Crippen LogP contribution in [0.2, 0.25) is 13.1 Å². The number of carbonyl (C=O) groups is 1. The Morgan fingerprint density at radius 3 is 2.22 bits per heavy atom. The van der Waals surface area contributed by atoms with E-state index in [1.807, 2.05) is 33.9 Å². The average molecular weight is 267 g/mol. The molecular weight excluding hydrogens is 248 g/mol. The molecule has 0 fully saturated rings. The minimum Gasteiger partial charge on any atom is -0.542 e. The Kier molecular flexibility index (Phi) is 4.06. The van der Waals surface area contributed by atoms with Crippen molar-refractivity contribution in [1.82, 2.24) is 0 Å². The first kappa shape index (κ1) is 14.6. The van der Waals surface area contributed by atoms with Crippen molar-refractivity contribution in [3.05, 3.63) is 23.3 Å². The number of phenols is 1. The minimum absolute atomic E-state index is 0.0896. The van der Waals surface area contributed by atoms with Crippen molar-refractivity contribution in [1.29, 1.82) is 0 Å². The Balaban J connectivity index is 3.47. The quantitative estimate of drug-likeness (QED) is 0.826. The van der Waals surface area contributed by atoms with E-state index in [4.69, 9.17) is 9.53 Å². The van der Waals surface area contributed by atoms with E-state index in [2.05, 4.69) is 0 Å². The summed E-state index contributed by atoms with van der Waals surface area (Å²) in [5.41, 5.74) is 0.0733. The highest BCUT2D eigenvalue weighted by Gasteiger charge is 2.27. The molecule has 0 saturated heterocycles. The Bertz CT molecular complexity index is 461. The van der Waals surface area contributed by atoms with Gasteiger partial charge in [-0.1, -0.05) is 20.8 Å². The second-order valence-electron chi connectivity index (χ2n) is 5.40. The maximum absolute atomic E-state index is 11.0. The number of benzene rings is 1. The van der Waals surface area contributed by atoms with E-state index in [-0.39, 0.29) is 16.7 Å². The lowest BCUT2D eigenvalue weighted by molar-refractivity contribution is 0.0693. The zero-order chi connectivity index (χ0) is 14.1. The maximum atomic E-state index is 11.0. The molecule has 0 aliphatic heterocycles. The monoisotopic (exact) mass is 267 g/mol. The average Bonchev–Trinajstić information content (AvgIpc) is 2.13. The molecule has 0 aliphatic rings. The van der Waals surface area contributed by atoms with E-state index in [1.165, 1.54) is 6.07 Å². The van der Waals surface area contributed by atoms with Crippen LogP contribution in [0.4, 0.5) is 0 Å². The van der Waals surface area contributed by atoms with Gasteiger partial charge in [-0.05, 0) is 30.6 Å². The van der Waals surface area contributed by atoms with Crippen molar-refractivity contribution >= 4 is 15.0 Å². The van der Waals surface area contributed by atoms with Crippen LogP contribution >= 0.6 is 0 Å². The summed E-state index contributed by atoms with van der Waals surface area (Å²) in [6, 6.07) is 3.01. The van der Waals surface area contributed by atoms with Crippen molar-refractivity contribution in [3.8, 4) is 11.5 Å². The smallest absolute Gasteiger partial charge is 0.339 e. The first-order valence-corrected chi connectivity index (χ1v) is 8.13. The summed E-state index contributed by atoms with van der Waals surface area (Å²) in [5, 5.41) is 19.2. The van der Waals surface area contributed by atoms with Crippen molar-refractivity contribution in [3.63, 3.8) is 0 Å². The molecular formula is C13H19O4Si. The Morgan fingerprint density at radius 2 is 1.83 bits per heavy atom. The van der Waals surface area contributed by atoms with Gasteiger partial charge < -0.3 is 14.6 Å². The summed E-state index contributed by atoms with van der Waals surface area (Å²) >= 11 is 0. The number of aromatic hydroxyl groups is 1. The first-order chi connectivity index (χ1) is 8.14. The van der Waals surface area contributed by atoms with E-state index in [1.54, 1.807) is 6.07 Å². The normalized spacial score (nSPS) is 11.7. The summed E-state index contributed by atoms with van der Waals surface area (Å²) in [6.07, 6.45) is 0. The third kappa shape index (κ3) is 3.04. The highest BCUT2D eigenvalue weighted by Crippen LogP contribution is 2.40. The molecule has 2 N–H and O–H groups in total. The highest BCUT2D eigenvalue weighted by molar-refractivity contribution is 6.49.